The van der Waals surface area contributed by atoms with Gasteiger partial charge in [-0.05, 0) is 24.0 Å². The van der Waals surface area contributed by atoms with Crippen LogP contribution in [0, 0.1) is 11.8 Å². The minimum Gasteiger partial charge on any atom is -0.437 e. The molecular formula is C18H14O2. The van der Waals surface area contributed by atoms with E-state index in [-0.39, 0.29) is 5.97 Å². The first-order chi connectivity index (χ1) is 9.69. The number of fused-ring (bicyclic) bond motifs is 3. The molecule has 3 rings (SSSR count). The maximum absolute atomic E-state index is 11.6. The van der Waals surface area contributed by atoms with Crippen molar-refractivity contribution in [1.82, 2.24) is 0 Å². The fourth-order valence-corrected chi connectivity index (χ4v) is 2.86. The van der Waals surface area contributed by atoms with Crippen LogP contribution in [0.5, 0.6) is 0 Å². The van der Waals surface area contributed by atoms with Crippen LogP contribution in [0.2, 0.25) is 0 Å². The predicted octanol–water partition coefficient (Wildman–Crippen LogP) is 3.50. The Bertz CT molecular complexity index is 702. The van der Waals surface area contributed by atoms with Crippen LogP contribution in [0.25, 0.3) is 11.1 Å². The third kappa shape index (κ3) is 1.64. The van der Waals surface area contributed by atoms with E-state index in [1.165, 1.54) is 6.92 Å². The van der Waals surface area contributed by atoms with E-state index in [1.807, 2.05) is 48.5 Å². The summed E-state index contributed by atoms with van der Waals surface area (Å²) in [6.45, 7) is 3.18. The zero-order valence-electron chi connectivity index (χ0n) is 11.4. The normalized spacial score (nSPS) is 13.7. The molecule has 2 aromatic rings. The van der Waals surface area contributed by atoms with E-state index < -0.39 is 5.60 Å². The number of rotatable bonds is 1. The summed E-state index contributed by atoms with van der Waals surface area (Å²) in [7, 11) is 0. The van der Waals surface area contributed by atoms with Crippen LogP contribution in [0.3, 0.4) is 0 Å². The molecule has 0 radical (unpaired) electrons. The maximum Gasteiger partial charge on any atom is 0.304 e. The first-order valence-corrected chi connectivity index (χ1v) is 6.52. The van der Waals surface area contributed by atoms with Crippen molar-refractivity contribution in [2.24, 2.45) is 0 Å². The molecule has 2 aromatic carbocycles. The highest BCUT2D eigenvalue weighted by atomic mass is 16.6. The number of carbonyl (C=O) groups is 1. The number of benzene rings is 2. The van der Waals surface area contributed by atoms with E-state index in [9.17, 15) is 4.79 Å². The second-order valence-electron chi connectivity index (χ2n) is 4.74. The van der Waals surface area contributed by atoms with Gasteiger partial charge in [0.05, 0.1) is 0 Å². The van der Waals surface area contributed by atoms with Crippen molar-refractivity contribution in [2.45, 2.75) is 19.4 Å². The molecule has 1 aliphatic carbocycles. The van der Waals surface area contributed by atoms with Gasteiger partial charge in [0.1, 0.15) is 0 Å². The molecule has 0 atom stereocenters. The molecule has 0 heterocycles. The van der Waals surface area contributed by atoms with E-state index in [4.69, 9.17) is 4.74 Å². The Hall–Kier alpha value is -2.53. The number of hydrogen-bond donors (Lipinski definition) is 0. The SMILES string of the molecule is CC#CC1(OC(C)=O)c2ccccc2-c2ccccc21. The highest BCUT2D eigenvalue weighted by Gasteiger charge is 2.44. The van der Waals surface area contributed by atoms with Crippen LogP contribution < -0.4 is 0 Å². The van der Waals surface area contributed by atoms with Gasteiger partial charge >= 0.3 is 5.97 Å². The Morgan fingerprint density at radius 1 is 1.00 bits per heavy atom. The lowest BCUT2D eigenvalue weighted by Crippen LogP contribution is -2.29. The zero-order chi connectivity index (χ0) is 14.2. The van der Waals surface area contributed by atoms with Gasteiger partial charge in [0.15, 0.2) is 0 Å². The zero-order valence-corrected chi connectivity index (χ0v) is 11.4. The van der Waals surface area contributed by atoms with Gasteiger partial charge in [-0.1, -0.05) is 48.5 Å². The van der Waals surface area contributed by atoms with Gasteiger partial charge in [0.2, 0.25) is 5.60 Å². The summed E-state index contributed by atoms with van der Waals surface area (Å²) in [5.74, 6) is 5.69. The molecule has 98 valence electrons. The molecule has 0 spiro atoms. The highest BCUT2D eigenvalue weighted by molar-refractivity contribution is 5.83. The van der Waals surface area contributed by atoms with Gasteiger partial charge in [-0.2, -0.15) is 0 Å². The summed E-state index contributed by atoms with van der Waals surface area (Å²) < 4.78 is 5.68. The van der Waals surface area contributed by atoms with Crippen molar-refractivity contribution in [1.29, 1.82) is 0 Å². The molecule has 0 fully saturated rings. The number of hydrogen-bond acceptors (Lipinski definition) is 2. The van der Waals surface area contributed by atoms with E-state index in [0.717, 1.165) is 22.3 Å². The van der Waals surface area contributed by atoms with Crippen LogP contribution in [0.15, 0.2) is 48.5 Å². The molecule has 2 nitrogen and oxygen atoms in total. The van der Waals surface area contributed by atoms with Crippen molar-refractivity contribution in [3.63, 3.8) is 0 Å². The van der Waals surface area contributed by atoms with E-state index in [2.05, 4.69) is 11.8 Å². The molecule has 0 N–H and O–H groups in total. The van der Waals surface area contributed by atoms with Crippen molar-refractivity contribution in [2.75, 3.05) is 0 Å². The Morgan fingerprint density at radius 2 is 1.50 bits per heavy atom. The van der Waals surface area contributed by atoms with Crippen LogP contribution in [0.4, 0.5) is 0 Å². The van der Waals surface area contributed by atoms with Crippen molar-refractivity contribution in [3.8, 4) is 23.0 Å². The molecule has 0 saturated heterocycles. The lowest BCUT2D eigenvalue weighted by molar-refractivity contribution is -0.149. The second kappa shape index (κ2) is 4.54. The molecular weight excluding hydrogens is 248 g/mol. The maximum atomic E-state index is 11.6. The fourth-order valence-electron chi connectivity index (χ4n) is 2.86. The second-order valence-corrected chi connectivity index (χ2v) is 4.74. The third-order valence-corrected chi connectivity index (χ3v) is 3.50. The largest absolute Gasteiger partial charge is 0.437 e. The van der Waals surface area contributed by atoms with Crippen LogP contribution >= 0.6 is 0 Å². The quantitative estimate of drug-likeness (QED) is 0.581. The summed E-state index contributed by atoms with van der Waals surface area (Å²) in [4.78, 5) is 11.6. The van der Waals surface area contributed by atoms with Gasteiger partial charge in [0.25, 0.3) is 0 Å². The monoisotopic (exact) mass is 262 g/mol. The van der Waals surface area contributed by atoms with E-state index in [1.54, 1.807) is 6.92 Å². The Kier molecular flexibility index (Phi) is 2.84. The summed E-state index contributed by atoms with van der Waals surface area (Å²) in [5.41, 5.74) is 3.05. The molecule has 0 bridgehead atoms. The molecule has 1 aliphatic rings. The number of esters is 1. The van der Waals surface area contributed by atoms with Crippen molar-refractivity contribution in [3.05, 3.63) is 59.7 Å². The lowest BCUT2D eigenvalue weighted by Gasteiger charge is -2.25. The molecule has 0 amide bonds. The fraction of sp³-hybridized carbons (Fsp3) is 0.167. The Morgan fingerprint density at radius 3 is 1.95 bits per heavy atom. The minimum atomic E-state index is -0.978. The first-order valence-electron chi connectivity index (χ1n) is 6.52. The van der Waals surface area contributed by atoms with E-state index in [0.29, 0.717) is 0 Å². The van der Waals surface area contributed by atoms with Crippen LogP contribution in [0.1, 0.15) is 25.0 Å². The average molecular weight is 262 g/mol. The van der Waals surface area contributed by atoms with Gasteiger partial charge in [0, 0.05) is 18.1 Å². The molecule has 0 aliphatic heterocycles. The average Bonchev–Trinajstić information content (AvgIpc) is 2.71. The molecule has 0 saturated carbocycles. The van der Waals surface area contributed by atoms with E-state index >= 15 is 0 Å². The highest BCUT2D eigenvalue weighted by Crippen LogP contribution is 2.49. The summed E-state index contributed by atoms with van der Waals surface area (Å²) >= 11 is 0. The number of ether oxygens (including phenoxy) is 1. The molecule has 20 heavy (non-hydrogen) atoms. The van der Waals surface area contributed by atoms with Crippen molar-refractivity contribution >= 4 is 5.97 Å². The smallest absolute Gasteiger partial charge is 0.304 e. The summed E-state index contributed by atoms with van der Waals surface area (Å²) in [6.07, 6.45) is 0. The Labute approximate surface area is 118 Å². The van der Waals surface area contributed by atoms with Crippen LogP contribution in [-0.4, -0.2) is 5.97 Å². The van der Waals surface area contributed by atoms with Crippen molar-refractivity contribution < 1.29 is 9.53 Å². The summed E-state index contributed by atoms with van der Waals surface area (Å²) in [6, 6.07) is 15.9. The lowest BCUT2D eigenvalue weighted by atomic mass is 9.91. The van der Waals surface area contributed by atoms with Gasteiger partial charge in [-0.25, -0.2) is 0 Å². The first kappa shape index (κ1) is 12.5. The Balaban J connectivity index is 2.38. The van der Waals surface area contributed by atoms with Gasteiger partial charge in [-0.3, -0.25) is 4.79 Å². The number of carbonyl (C=O) groups excluding carboxylic acids is 1. The summed E-state index contributed by atoms with van der Waals surface area (Å²) in [5, 5.41) is 0. The molecule has 0 unspecified atom stereocenters. The third-order valence-electron chi connectivity index (χ3n) is 3.50. The topological polar surface area (TPSA) is 26.3 Å². The standard InChI is InChI=1S/C18H14O2/c1-3-12-18(20-13(2)19)16-10-6-4-8-14(16)15-9-5-7-11-17(15)18/h4-11H,1-2H3. The molecule has 0 aromatic heterocycles. The minimum absolute atomic E-state index is 0.334. The predicted molar refractivity (Wildman–Crippen MR) is 77.9 cm³/mol. The molecule has 2 heteroatoms. The van der Waals surface area contributed by atoms with Gasteiger partial charge in [-0.15, -0.1) is 5.92 Å². The van der Waals surface area contributed by atoms with Gasteiger partial charge < -0.3 is 4.74 Å². The van der Waals surface area contributed by atoms with Crippen LogP contribution in [-0.2, 0) is 15.1 Å².